The number of carbonyl (C=O) groups is 2. The second-order valence-corrected chi connectivity index (χ2v) is 5.91. The molecule has 5 nitrogen and oxygen atoms in total. The van der Waals surface area contributed by atoms with E-state index in [0.29, 0.717) is 19.4 Å². The second-order valence-electron chi connectivity index (χ2n) is 5.91. The van der Waals surface area contributed by atoms with Crippen molar-refractivity contribution in [3.05, 3.63) is 36.0 Å². The number of amides is 1. The zero-order valence-corrected chi connectivity index (χ0v) is 12.0. The SMILES string of the molecule is C=C1CCN2C(=O)C=C3C=C[C@H](OC)C[C@@]32C1CC(=O)O. The van der Waals surface area contributed by atoms with Crippen LogP contribution in [0.5, 0.6) is 0 Å². The number of carbonyl (C=O) groups excluding carboxylic acids is 1. The smallest absolute Gasteiger partial charge is 0.304 e. The normalized spacial score (nSPS) is 34.5. The lowest BCUT2D eigenvalue weighted by Crippen LogP contribution is -2.59. The molecule has 0 aromatic heterocycles. The molecule has 21 heavy (non-hydrogen) atoms. The molecule has 2 heterocycles. The molecule has 0 radical (unpaired) electrons. The zero-order valence-electron chi connectivity index (χ0n) is 12.0. The maximum Gasteiger partial charge on any atom is 0.304 e. The largest absolute Gasteiger partial charge is 0.481 e. The molecule has 1 aliphatic carbocycles. The van der Waals surface area contributed by atoms with E-state index in [-0.39, 0.29) is 24.3 Å². The van der Waals surface area contributed by atoms with Crippen LogP contribution in [0.15, 0.2) is 36.0 Å². The Morgan fingerprint density at radius 3 is 3.05 bits per heavy atom. The van der Waals surface area contributed by atoms with Crippen LogP contribution in [-0.4, -0.2) is 47.2 Å². The fraction of sp³-hybridized carbons (Fsp3) is 0.500. The number of methoxy groups -OCH3 is 1. The maximum absolute atomic E-state index is 12.3. The Bertz CT molecular complexity index is 577. The monoisotopic (exact) mass is 289 g/mol. The Labute approximate surface area is 123 Å². The van der Waals surface area contributed by atoms with Crippen LogP contribution >= 0.6 is 0 Å². The first kappa shape index (κ1) is 14.1. The molecule has 0 aromatic carbocycles. The fourth-order valence-corrected chi connectivity index (χ4v) is 3.95. The molecule has 5 heteroatoms. The number of nitrogens with zero attached hydrogens (tertiary/aromatic N) is 1. The average molecular weight is 289 g/mol. The van der Waals surface area contributed by atoms with Gasteiger partial charge < -0.3 is 14.7 Å². The number of rotatable bonds is 3. The molecule has 0 bridgehead atoms. The topological polar surface area (TPSA) is 66.8 Å². The van der Waals surface area contributed by atoms with Gasteiger partial charge in [-0.3, -0.25) is 9.59 Å². The van der Waals surface area contributed by atoms with Gasteiger partial charge in [0.25, 0.3) is 0 Å². The van der Waals surface area contributed by atoms with Crippen molar-refractivity contribution in [2.75, 3.05) is 13.7 Å². The predicted molar refractivity (Wildman–Crippen MR) is 76.6 cm³/mol. The molecular formula is C16H19NO4. The van der Waals surface area contributed by atoms with Crippen LogP contribution in [0, 0.1) is 5.92 Å². The van der Waals surface area contributed by atoms with E-state index >= 15 is 0 Å². The third kappa shape index (κ3) is 1.95. The predicted octanol–water partition coefficient (Wildman–Crippen LogP) is 1.52. The van der Waals surface area contributed by atoms with E-state index in [4.69, 9.17) is 4.74 Å². The van der Waals surface area contributed by atoms with Gasteiger partial charge in [0.1, 0.15) is 0 Å². The summed E-state index contributed by atoms with van der Waals surface area (Å²) in [5, 5.41) is 9.27. The third-order valence-corrected chi connectivity index (χ3v) is 4.94. The second kappa shape index (κ2) is 4.84. The fourth-order valence-electron chi connectivity index (χ4n) is 3.95. The van der Waals surface area contributed by atoms with E-state index in [9.17, 15) is 14.7 Å². The highest BCUT2D eigenvalue weighted by atomic mass is 16.5. The molecule has 3 aliphatic rings. The van der Waals surface area contributed by atoms with Crippen LogP contribution < -0.4 is 0 Å². The summed E-state index contributed by atoms with van der Waals surface area (Å²) >= 11 is 0. The van der Waals surface area contributed by atoms with E-state index in [1.54, 1.807) is 13.2 Å². The molecule has 2 aliphatic heterocycles. The van der Waals surface area contributed by atoms with Gasteiger partial charge in [-0.15, -0.1) is 0 Å². The van der Waals surface area contributed by atoms with Crippen LogP contribution in [0.1, 0.15) is 19.3 Å². The first-order chi connectivity index (χ1) is 9.99. The van der Waals surface area contributed by atoms with Crippen LogP contribution in [0.4, 0.5) is 0 Å². The Morgan fingerprint density at radius 1 is 1.62 bits per heavy atom. The number of ether oxygens (including phenoxy) is 1. The molecule has 1 saturated heterocycles. The molecule has 1 spiro atoms. The van der Waals surface area contributed by atoms with Crippen LogP contribution in [-0.2, 0) is 14.3 Å². The van der Waals surface area contributed by atoms with E-state index < -0.39 is 11.5 Å². The van der Waals surface area contributed by atoms with E-state index in [0.717, 1.165) is 11.1 Å². The Balaban J connectivity index is 2.09. The van der Waals surface area contributed by atoms with Crippen molar-refractivity contribution in [3.8, 4) is 0 Å². The molecule has 0 saturated carbocycles. The number of carboxylic acid groups (broad SMARTS) is 1. The number of hydrogen-bond acceptors (Lipinski definition) is 3. The van der Waals surface area contributed by atoms with E-state index in [1.807, 2.05) is 17.1 Å². The number of hydrogen-bond donors (Lipinski definition) is 1. The summed E-state index contributed by atoms with van der Waals surface area (Å²) in [7, 11) is 1.63. The van der Waals surface area contributed by atoms with Crippen LogP contribution in [0.25, 0.3) is 0 Å². The summed E-state index contributed by atoms with van der Waals surface area (Å²) in [5.74, 6) is -1.15. The highest BCUT2D eigenvalue weighted by Crippen LogP contribution is 2.51. The maximum atomic E-state index is 12.3. The summed E-state index contributed by atoms with van der Waals surface area (Å²) in [6, 6.07) is 0. The minimum atomic E-state index is -0.861. The van der Waals surface area contributed by atoms with Crippen LogP contribution in [0.3, 0.4) is 0 Å². The Kier molecular flexibility index (Phi) is 3.24. The van der Waals surface area contributed by atoms with Gasteiger partial charge in [0.2, 0.25) is 5.91 Å². The van der Waals surface area contributed by atoms with Crippen molar-refractivity contribution >= 4 is 11.9 Å². The minimum Gasteiger partial charge on any atom is -0.481 e. The number of piperidine rings is 1. The average Bonchev–Trinajstić information content (AvgIpc) is 2.73. The van der Waals surface area contributed by atoms with Crippen molar-refractivity contribution in [2.24, 2.45) is 5.92 Å². The first-order valence-electron chi connectivity index (χ1n) is 7.13. The summed E-state index contributed by atoms with van der Waals surface area (Å²) in [5.41, 5.74) is 1.22. The van der Waals surface area contributed by atoms with Gasteiger partial charge in [-0.2, -0.15) is 0 Å². The molecule has 1 amide bonds. The lowest BCUT2D eigenvalue weighted by Gasteiger charge is -2.52. The van der Waals surface area contributed by atoms with Gasteiger partial charge in [-0.05, 0) is 12.0 Å². The lowest BCUT2D eigenvalue weighted by atomic mass is 9.65. The van der Waals surface area contributed by atoms with E-state index in [1.165, 1.54) is 0 Å². The van der Waals surface area contributed by atoms with Gasteiger partial charge in [0, 0.05) is 32.1 Å². The van der Waals surface area contributed by atoms with Gasteiger partial charge in [0.15, 0.2) is 0 Å². The summed E-state index contributed by atoms with van der Waals surface area (Å²) < 4.78 is 5.44. The quantitative estimate of drug-likeness (QED) is 0.800. The molecule has 3 rings (SSSR count). The van der Waals surface area contributed by atoms with Crippen LogP contribution in [0.2, 0.25) is 0 Å². The van der Waals surface area contributed by atoms with Gasteiger partial charge in [-0.1, -0.05) is 24.3 Å². The van der Waals surface area contributed by atoms with Crippen molar-refractivity contribution in [1.82, 2.24) is 4.90 Å². The molecule has 112 valence electrons. The standard InChI is InChI=1S/C16H19NO4/c1-10-5-6-17-14(18)7-11-3-4-12(21-2)9-16(11,17)13(10)8-15(19)20/h3-4,7,12-13H,1,5-6,8-9H2,2H3,(H,19,20)/t12-,13?,16-/m0/s1. The van der Waals surface area contributed by atoms with Gasteiger partial charge >= 0.3 is 5.97 Å². The Hall–Kier alpha value is -1.88. The highest BCUT2D eigenvalue weighted by molar-refractivity contribution is 5.94. The summed E-state index contributed by atoms with van der Waals surface area (Å²) in [4.78, 5) is 25.4. The third-order valence-electron chi connectivity index (χ3n) is 4.94. The molecule has 0 aromatic rings. The Morgan fingerprint density at radius 2 is 2.38 bits per heavy atom. The molecule has 1 unspecified atom stereocenters. The van der Waals surface area contributed by atoms with Gasteiger partial charge in [0.05, 0.1) is 18.1 Å². The summed E-state index contributed by atoms with van der Waals surface area (Å²) in [6.45, 7) is 4.67. The van der Waals surface area contributed by atoms with Crippen molar-refractivity contribution < 1.29 is 19.4 Å². The molecule has 3 atom stereocenters. The minimum absolute atomic E-state index is 0.00969. The van der Waals surface area contributed by atoms with E-state index in [2.05, 4.69) is 6.58 Å². The number of carboxylic acids is 1. The zero-order chi connectivity index (χ0) is 15.2. The van der Waals surface area contributed by atoms with Crippen molar-refractivity contribution in [2.45, 2.75) is 30.9 Å². The van der Waals surface area contributed by atoms with Crippen molar-refractivity contribution in [3.63, 3.8) is 0 Å². The highest BCUT2D eigenvalue weighted by Gasteiger charge is 2.56. The van der Waals surface area contributed by atoms with Gasteiger partial charge in [-0.25, -0.2) is 0 Å². The van der Waals surface area contributed by atoms with Crippen molar-refractivity contribution in [1.29, 1.82) is 0 Å². The molecule has 1 N–H and O–H groups in total. The first-order valence-corrected chi connectivity index (χ1v) is 7.13. The number of aliphatic carboxylic acids is 1. The lowest BCUT2D eigenvalue weighted by molar-refractivity contribution is -0.142. The summed E-state index contributed by atoms with van der Waals surface area (Å²) in [6.07, 6.45) is 6.60. The molecular weight excluding hydrogens is 270 g/mol. The molecule has 1 fully saturated rings.